The van der Waals surface area contributed by atoms with Gasteiger partial charge in [0.25, 0.3) is 5.91 Å². The molecule has 2 aromatic rings. The van der Waals surface area contributed by atoms with Crippen molar-refractivity contribution in [3.63, 3.8) is 0 Å². The molecule has 1 aromatic carbocycles. The number of carbonyl (C=O) groups excluding carboxylic acids is 3. The number of fused-ring (bicyclic) bond motifs is 3. The Kier molecular flexibility index (Phi) is 8.16. The maximum atomic E-state index is 13.3. The van der Waals surface area contributed by atoms with Crippen LogP contribution in [0.25, 0.3) is 5.69 Å². The molecule has 2 heterocycles. The van der Waals surface area contributed by atoms with Gasteiger partial charge in [0.15, 0.2) is 5.78 Å². The Morgan fingerprint density at radius 3 is 2.50 bits per heavy atom. The van der Waals surface area contributed by atoms with E-state index in [0.717, 1.165) is 107 Å². The predicted molar refractivity (Wildman–Crippen MR) is 162 cm³/mol. The molecule has 0 radical (unpaired) electrons. The number of nitrogens with zero attached hydrogens (tertiary/aromatic N) is 2. The summed E-state index contributed by atoms with van der Waals surface area (Å²) in [5.74, 6) is -0.0811. The van der Waals surface area contributed by atoms with Crippen molar-refractivity contribution in [2.45, 2.75) is 90.1 Å². The summed E-state index contributed by atoms with van der Waals surface area (Å²) in [5.41, 5.74) is 12.5. The quantitative estimate of drug-likeness (QED) is 0.441. The van der Waals surface area contributed by atoms with E-state index >= 15 is 0 Å². The van der Waals surface area contributed by atoms with Crippen molar-refractivity contribution < 1.29 is 19.1 Å². The van der Waals surface area contributed by atoms with Gasteiger partial charge in [-0.15, -0.1) is 0 Å². The van der Waals surface area contributed by atoms with Crippen molar-refractivity contribution in [1.82, 2.24) is 14.8 Å². The third-order valence-electron chi connectivity index (χ3n) is 9.62. The number of benzene rings is 1. The lowest BCUT2D eigenvalue weighted by atomic mass is 9.75. The number of morpholine rings is 1. The van der Waals surface area contributed by atoms with Gasteiger partial charge in [-0.1, -0.05) is 13.8 Å². The second-order valence-corrected chi connectivity index (χ2v) is 13.4. The van der Waals surface area contributed by atoms with E-state index in [1.165, 1.54) is 11.3 Å². The van der Waals surface area contributed by atoms with Crippen molar-refractivity contribution >= 4 is 23.3 Å². The van der Waals surface area contributed by atoms with Gasteiger partial charge in [-0.2, -0.15) is 0 Å². The minimum atomic E-state index is -0.457. The lowest BCUT2D eigenvalue weighted by molar-refractivity contribution is -0.122. The summed E-state index contributed by atoms with van der Waals surface area (Å²) < 4.78 is 7.69. The van der Waals surface area contributed by atoms with Crippen LogP contribution < -0.4 is 16.4 Å². The number of aromatic nitrogens is 1. The first kappa shape index (κ1) is 28.9. The highest BCUT2D eigenvalue weighted by atomic mass is 16.5. The van der Waals surface area contributed by atoms with Gasteiger partial charge in [-0.3, -0.25) is 19.3 Å². The number of rotatable bonds is 8. The van der Waals surface area contributed by atoms with Gasteiger partial charge in [0, 0.05) is 72.9 Å². The molecular formula is C33H45N5O4. The van der Waals surface area contributed by atoms with Crippen LogP contribution in [0.5, 0.6) is 0 Å². The summed E-state index contributed by atoms with van der Waals surface area (Å²) in [6.45, 7) is 8.38. The Bertz CT molecular complexity index is 1360. The highest BCUT2D eigenvalue weighted by Crippen LogP contribution is 2.43. The van der Waals surface area contributed by atoms with E-state index in [-0.39, 0.29) is 29.2 Å². The number of ether oxygens (including phenoxy) is 1. The number of anilines is 1. The van der Waals surface area contributed by atoms with Crippen LogP contribution in [0.15, 0.2) is 18.2 Å². The molecule has 3 aliphatic carbocycles. The number of primary amides is 1. The SMILES string of the molecule is CC1(C)CC(=O)c2c3c(n(-c4ccc(C(N)=O)c(N[C@H]5CC[C@H](NC(=O)CCN6CCOCC6)CC5)c4)c2C1)CCC3. The van der Waals surface area contributed by atoms with E-state index in [4.69, 9.17) is 10.5 Å². The third kappa shape index (κ3) is 5.99. The maximum Gasteiger partial charge on any atom is 0.250 e. The van der Waals surface area contributed by atoms with Gasteiger partial charge in [0.2, 0.25) is 5.91 Å². The van der Waals surface area contributed by atoms with Crippen LogP contribution in [0.3, 0.4) is 0 Å². The Morgan fingerprint density at radius 2 is 1.76 bits per heavy atom. The maximum absolute atomic E-state index is 13.3. The van der Waals surface area contributed by atoms with Crippen LogP contribution in [0.4, 0.5) is 5.69 Å². The minimum Gasteiger partial charge on any atom is -0.382 e. The van der Waals surface area contributed by atoms with Crippen molar-refractivity contribution in [3.8, 4) is 5.69 Å². The highest BCUT2D eigenvalue weighted by molar-refractivity contribution is 6.01. The molecule has 9 heteroatoms. The molecule has 1 aromatic heterocycles. The van der Waals surface area contributed by atoms with Gasteiger partial charge in [-0.05, 0) is 80.5 Å². The number of nitrogens with two attached hydrogens (primary N) is 1. The van der Waals surface area contributed by atoms with E-state index in [2.05, 4.69) is 33.9 Å². The zero-order valence-corrected chi connectivity index (χ0v) is 25.1. The number of hydrogen-bond donors (Lipinski definition) is 3. The van der Waals surface area contributed by atoms with Crippen LogP contribution >= 0.6 is 0 Å². The van der Waals surface area contributed by atoms with E-state index in [1.807, 2.05) is 18.2 Å². The standard InChI is InChI=1S/C33H45N5O4/c1-33(2)19-28-31(29(39)20-33)25-4-3-5-27(25)38(28)23-10-11-24(32(34)41)26(18-23)35-21-6-8-22(9-7-21)36-30(40)12-13-37-14-16-42-17-15-37/h10-11,18,21-22,35H,3-9,12-17,19-20H2,1-2H3,(H2,34,41)(H,36,40)/t21-,22-. The lowest BCUT2D eigenvalue weighted by Crippen LogP contribution is -2.42. The molecular weight excluding hydrogens is 530 g/mol. The van der Waals surface area contributed by atoms with Crippen LogP contribution in [-0.2, 0) is 28.8 Å². The molecule has 6 rings (SSSR count). The average molecular weight is 576 g/mol. The Morgan fingerprint density at radius 1 is 1.02 bits per heavy atom. The summed E-state index contributed by atoms with van der Waals surface area (Å²) in [6.07, 6.45) is 8.50. The fourth-order valence-corrected chi connectivity index (χ4v) is 7.53. The Balaban J connectivity index is 1.15. The number of amides is 2. The molecule has 0 spiro atoms. The molecule has 1 aliphatic heterocycles. The molecule has 4 aliphatic rings. The molecule has 0 bridgehead atoms. The number of carbonyl (C=O) groups is 3. The van der Waals surface area contributed by atoms with Crippen molar-refractivity contribution in [2.24, 2.45) is 11.1 Å². The first-order chi connectivity index (χ1) is 20.2. The molecule has 4 N–H and O–H groups in total. The van der Waals surface area contributed by atoms with Gasteiger partial charge in [0.05, 0.1) is 18.8 Å². The number of nitrogens with one attached hydrogen (secondary N) is 2. The Hall–Kier alpha value is -3.17. The molecule has 1 saturated carbocycles. The van der Waals surface area contributed by atoms with Gasteiger partial charge in [0.1, 0.15) is 0 Å². The van der Waals surface area contributed by atoms with Gasteiger partial charge >= 0.3 is 0 Å². The smallest absolute Gasteiger partial charge is 0.250 e. The second-order valence-electron chi connectivity index (χ2n) is 13.4. The minimum absolute atomic E-state index is 0.0846. The average Bonchev–Trinajstić information content (AvgIpc) is 3.53. The van der Waals surface area contributed by atoms with Crippen molar-refractivity contribution in [1.29, 1.82) is 0 Å². The van der Waals surface area contributed by atoms with Crippen molar-refractivity contribution in [2.75, 3.05) is 38.2 Å². The molecule has 0 atom stereocenters. The topological polar surface area (TPSA) is 119 Å². The van der Waals surface area contributed by atoms with Crippen LogP contribution in [-0.4, -0.2) is 72.0 Å². The van der Waals surface area contributed by atoms with Gasteiger partial charge in [-0.25, -0.2) is 0 Å². The van der Waals surface area contributed by atoms with Crippen molar-refractivity contribution in [3.05, 3.63) is 46.3 Å². The summed E-state index contributed by atoms with van der Waals surface area (Å²) in [6, 6.07) is 6.20. The summed E-state index contributed by atoms with van der Waals surface area (Å²) >= 11 is 0. The first-order valence-corrected chi connectivity index (χ1v) is 15.8. The number of ketones is 1. The fourth-order valence-electron chi connectivity index (χ4n) is 7.53. The monoisotopic (exact) mass is 575 g/mol. The summed E-state index contributed by atoms with van der Waals surface area (Å²) in [4.78, 5) is 40.6. The molecule has 9 nitrogen and oxygen atoms in total. The second kappa shape index (κ2) is 11.8. The number of hydrogen-bond acceptors (Lipinski definition) is 6. The van der Waals surface area contributed by atoms with Gasteiger partial charge < -0.3 is 25.7 Å². The summed E-state index contributed by atoms with van der Waals surface area (Å²) in [7, 11) is 0. The lowest BCUT2D eigenvalue weighted by Gasteiger charge is -2.32. The molecule has 0 unspecified atom stereocenters. The largest absolute Gasteiger partial charge is 0.382 e. The van der Waals surface area contributed by atoms with Crippen LogP contribution in [0.1, 0.15) is 96.5 Å². The highest BCUT2D eigenvalue weighted by Gasteiger charge is 2.39. The zero-order chi connectivity index (χ0) is 29.4. The van der Waals surface area contributed by atoms with E-state index < -0.39 is 5.91 Å². The zero-order valence-electron chi connectivity index (χ0n) is 25.1. The molecule has 1 saturated heterocycles. The predicted octanol–water partition coefficient (Wildman–Crippen LogP) is 3.78. The van der Waals surface area contributed by atoms with E-state index in [9.17, 15) is 14.4 Å². The third-order valence-corrected chi connectivity index (χ3v) is 9.62. The fraction of sp³-hybridized carbons (Fsp3) is 0.606. The first-order valence-electron chi connectivity index (χ1n) is 15.8. The van der Waals surface area contributed by atoms with Crippen LogP contribution in [0.2, 0.25) is 0 Å². The summed E-state index contributed by atoms with van der Waals surface area (Å²) in [5, 5.41) is 6.87. The van der Waals surface area contributed by atoms with Crippen LogP contribution in [0, 0.1) is 5.41 Å². The molecule has 42 heavy (non-hydrogen) atoms. The Labute approximate surface area is 248 Å². The normalized spacial score (nSPS) is 23.7. The molecule has 2 fully saturated rings. The van der Waals surface area contributed by atoms with E-state index in [0.29, 0.717) is 18.4 Å². The molecule has 226 valence electrons. The van der Waals surface area contributed by atoms with E-state index in [1.54, 1.807) is 0 Å². The molecule has 2 amide bonds. The number of Topliss-reactive ketones (excluding diaryl/α,β-unsaturated/α-hetero) is 1.